The second-order valence-corrected chi connectivity index (χ2v) is 12.3. The molecule has 6 rings (SSSR count). The van der Waals surface area contributed by atoms with E-state index in [1.165, 1.54) is 24.0 Å². The summed E-state index contributed by atoms with van der Waals surface area (Å²) in [6.07, 6.45) is 9.02. The number of aryl methyl sites for hydroxylation is 1. The summed E-state index contributed by atoms with van der Waals surface area (Å²) in [7, 11) is 0. The molecule has 0 aromatic heterocycles. The van der Waals surface area contributed by atoms with E-state index in [0.29, 0.717) is 37.4 Å². The number of rotatable bonds is 10. The molecule has 6 nitrogen and oxygen atoms in total. The second-order valence-electron chi connectivity index (χ2n) is 12.3. The van der Waals surface area contributed by atoms with Crippen molar-refractivity contribution in [2.75, 3.05) is 18.0 Å². The molecule has 1 aliphatic heterocycles. The average Bonchev–Trinajstić information content (AvgIpc) is 3.72. The van der Waals surface area contributed by atoms with Gasteiger partial charge in [-0.2, -0.15) is 0 Å². The predicted octanol–water partition coefficient (Wildman–Crippen LogP) is 5.84. The van der Waals surface area contributed by atoms with Crippen molar-refractivity contribution in [3.63, 3.8) is 0 Å². The van der Waals surface area contributed by atoms with Crippen molar-refractivity contribution in [3.8, 4) is 0 Å². The minimum atomic E-state index is -0.777. The van der Waals surface area contributed by atoms with Gasteiger partial charge in [-0.15, -0.1) is 0 Å². The Labute approximate surface area is 249 Å². The molecule has 1 heterocycles. The van der Waals surface area contributed by atoms with Gasteiger partial charge in [-0.05, 0) is 91.3 Å². The number of fused-ring (bicyclic) bond motifs is 1. The Balaban J connectivity index is 1.22. The Morgan fingerprint density at radius 3 is 2.48 bits per heavy atom. The van der Waals surface area contributed by atoms with Crippen LogP contribution >= 0.6 is 0 Å². The summed E-state index contributed by atoms with van der Waals surface area (Å²) in [5.74, 6) is 0.339. The molecule has 3 N–H and O–H groups in total. The molecule has 3 aromatic carbocycles. The first kappa shape index (κ1) is 28.6. The SMILES string of the molecule is O=C(N[C@@H](Cc1ccccc1)[C@H](O)CNC1CCCc2ccccc21)c1cc(C2CCCC2)cc(N2CCCC2=O)c1. The van der Waals surface area contributed by atoms with E-state index in [1.807, 2.05) is 47.4 Å². The van der Waals surface area contributed by atoms with Crippen molar-refractivity contribution in [2.24, 2.45) is 0 Å². The highest BCUT2D eigenvalue weighted by Crippen LogP contribution is 2.37. The molecule has 3 atom stereocenters. The number of amides is 2. The van der Waals surface area contributed by atoms with Crippen molar-refractivity contribution in [3.05, 3.63) is 101 Å². The number of benzene rings is 3. The lowest BCUT2D eigenvalue weighted by Crippen LogP contribution is -2.49. The fourth-order valence-corrected chi connectivity index (χ4v) is 7.11. The number of nitrogens with zero attached hydrogens (tertiary/aromatic N) is 1. The lowest BCUT2D eigenvalue weighted by atomic mass is 9.87. The molecule has 220 valence electrons. The van der Waals surface area contributed by atoms with Gasteiger partial charge in [0, 0.05) is 36.8 Å². The molecule has 1 unspecified atom stereocenters. The summed E-state index contributed by atoms with van der Waals surface area (Å²) < 4.78 is 0. The van der Waals surface area contributed by atoms with Crippen molar-refractivity contribution in [2.45, 2.75) is 88.3 Å². The third kappa shape index (κ3) is 6.61. The van der Waals surface area contributed by atoms with Crippen LogP contribution in [0.4, 0.5) is 5.69 Å². The van der Waals surface area contributed by atoms with Gasteiger partial charge in [-0.3, -0.25) is 9.59 Å². The molecular formula is C36H43N3O3. The van der Waals surface area contributed by atoms with Gasteiger partial charge in [0.15, 0.2) is 0 Å². The van der Waals surface area contributed by atoms with Gasteiger partial charge in [0.05, 0.1) is 12.1 Å². The van der Waals surface area contributed by atoms with Gasteiger partial charge in [0.25, 0.3) is 5.91 Å². The van der Waals surface area contributed by atoms with Crippen LogP contribution in [0.25, 0.3) is 0 Å². The predicted molar refractivity (Wildman–Crippen MR) is 167 cm³/mol. The number of nitrogens with one attached hydrogen (secondary N) is 2. The van der Waals surface area contributed by atoms with Crippen LogP contribution in [0, 0.1) is 0 Å². The molecule has 2 amide bonds. The molecule has 1 saturated heterocycles. The van der Waals surface area contributed by atoms with Crippen LogP contribution in [0.3, 0.4) is 0 Å². The zero-order chi connectivity index (χ0) is 28.9. The van der Waals surface area contributed by atoms with Crippen molar-refractivity contribution in [1.82, 2.24) is 10.6 Å². The Morgan fingerprint density at radius 2 is 1.69 bits per heavy atom. The number of hydrogen-bond donors (Lipinski definition) is 3. The molecule has 0 spiro atoms. The fourth-order valence-electron chi connectivity index (χ4n) is 7.11. The normalized spacial score (nSPS) is 20.4. The number of aliphatic hydroxyl groups excluding tert-OH is 1. The topological polar surface area (TPSA) is 81.7 Å². The Hall–Kier alpha value is -3.48. The third-order valence-corrected chi connectivity index (χ3v) is 9.44. The maximum atomic E-state index is 13.9. The van der Waals surface area contributed by atoms with E-state index in [9.17, 15) is 14.7 Å². The van der Waals surface area contributed by atoms with Gasteiger partial charge in [0.1, 0.15) is 0 Å². The highest BCUT2D eigenvalue weighted by molar-refractivity contribution is 5.99. The molecule has 2 fully saturated rings. The van der Waals surface area contributed by atoms with E-state index in [0.717, 1.165) is 55.3 Å². The highest BCUT2D eigenvalue weighted by Gasteiger charge is 2.28. The van der Waals surface area contributed by atoms with Crippen LogP contribution in [0.15, 0.2) is 72.8 Å². The number of aliphatic hydroxyl groups is 1. The molecule has 0 bridgehead atoms. The lowest BCUT2D eigenvalue weighted by molar-refractivity contribution is -0.117. The summed E-state index contributed by atoms with van der Waals surface area (Å²) in [5, 5.41) is 18.3. The van der Waals surface area contributed by atoms with E-state index in [1.54, 1.807) is 0 Å². The summed E-state index contributed by atoms with van der Waals surface area (Å²) in [6, 6.07) is 24.3. The van der Waals surface area contributed by atoms with Gasteiger partial charge in [-0.25, -0.2) is 0 Å². The summed E-state index contributed by atoms with van der Waals surface area (Å²) in [5.41, 5.74) is 6.28. The van der Waals surface area contributed by atoms with Crippen LogP contribution in [-0.4, -0.2) is 42.2 Å². The van der Waals surface area contributed by atoms with E-state index >= 15 is 0 Å². The van der Waals surface area contributed by atoms with Crippen molar-refractivity contribution >= 4 is 17.5 Å². The van der Waals surface area contributed by atoms with Crippen LogP contribution in [0.2, 0.25) is 0 Å². The zero-order valence-electron chi connectivity index (χ0n) is 24.4. The van der Waals surface area contributed by atoms with Gasteiger partial charge in [0.2, 0.25) is 5.91 Å². The first-order valence-electron chi connectivity index (χ1n) is 15.8. The molecule has 6 heteroatoms. The van der Waals surface area contributed by atoms with Crippen LogP contribution in [0.5, 0.6) is 0 Å². The Kier molecular flexibility index (Phi) is 9.01. The molecule has 0 radical (unpaired) electrons. The second kappa shape index (κ2) is 13.2. The van der Waals surface area contributed by atoms with Crippen molar-refractivity contribution < 1.29 is 14.7 Å². The average molecular weight is 566 g/mol. The Bertz CT molecular complexity index is 1380. The largest absolute Gasteiger partial charge is 0.390 e. The maximum absolute atomic E-state index is 13.9. The quantitative estimate of drug-likeness (QED) is 0.289. The Morgan fingerprint density at radius 1 is 0.905 bits per heavy atom. The molecule has 2 aliphatic carbocycles. The van der Waals surface area contributed by atoms with E-state index < -0.39 is 12.1 Å². The minimum absolute atomic E-state index is 0.123. The van der Waals surface area contributed by atoms with E-state index in [-0.39, 0.29) is 17.9 Å². The maximum Gasteiger partial charge on any atom is 0.251 e. The number of anilines is 1. The zero-order valence-corrected chi connectivity index (χ0v) is 24.4. The van der Waals surface area contributed by atoms with E-state index in [4.69, 9.17) is 0 Å². The molecule has 1 saturated carbocycles. The first-order chi connectivity index (χ1) is 20.5. The molecule has 3 aliphatic rings. The number of hydrogen-bond acceptors (Lipinski definition) is 4. The van der Waals surface area contributed by atoms with E-state index in [2.05, 4.69) is 41.0 Å². The lowest BCUT2D eigenvalue weighted by Gasteiger charge is -2.30. The minimum Gasteiger partial charge on any atom is -0.390 e. The van der Waals surface area contributed by atoms with Gasteiger partial charge in [-0.1, -0.05) is 67.4 Å². The summed E-state index contributed by atoms with van der Waals surface area (Å²) in [6.45, 7) is 1.08. The monoisotopic (exact) mass is 565 g/mol. The van der Waals surface area contributed by atoms with Crippen molar-refractivity contribution in [1.29, 1.82) is 0 Å². The summed E-state index contributed by atoms with van der Waals surface area (Å²) in [4.78, 5) is 28.3. The van der Waals surface area contributed by atoms with Crippen LogP contribution in [0.1, 0.15) is 95.9 Å². The standard InChI is InChI=1S/C36H43N3O3/c40-34(24-37-32-17-8-15-27-14-6-7-16-31(27)32)33(20-25-10-2-1-3-11-25)38-36(42)29-21-28(26-12-4-5-13-26)22-30(23-29)39-19-9-18-35(39)41/h1-3,6-7,10-11,14,16,21-23,26,32-34,37,40H,4-5,8-9,12-13,15,17-20,24H2,(H,38,42)/t32?,33-,34+/m0/s1. The number of carbonyl (C=O) groups excluding carboxylic acids is 2. The third-order valence-electron chi connectivity index (χ3n) is 9.44. The highest BCUT2D eigenvalue weighted by atomic mass is 16.3. The molecular weight excluding hydrogens is 522 g/mol. The van der Waals surface area contributed by atoms with Gasteiger partial charge >= 0.3 is 0 Å². The molecule has 3 aromatic rings. The van der Waals surface area contributed by atoms with Crippen LogP contribution < -0.4 is 15.5 Å². The first-order valence-corrected chi connectivity index (χ1v) is 15.8. The van der Waals surface area contributed by atoms with Crippen LogP contribution in [-0.2, 0) is 17.6 Å². The number of carbonyl (C=O) groups is 2. The fraction of sp³-hybridized carbons (Fsp3) is 0.444. The summed E-state index contributed by atoms with van der Waals surface area (Å²) >= 11 is 0. The van der Waals surface area contributed by atoms with Gasteiger partial charge < -0.3 is 20.6 Å². The molecule has 42 heavy (non-hydrogen) atoms. The smallest absolute Gasteiger partial charge is 0.251 e.